The van der Waals surface area contributed by atoms with Gasteiger partial charge in [0.05, 0.1) is 6.26 Å². The van der Waals surface area contributed by atoms with Crippen molar-refractivity contribution in [2.24, 2.45) is 0 Å². The number of rotatable bonds is 6. The standard InChI is InChI=1S/C23H29N3O4S/c1-23(2,3)18-13-17(14-20(15-18)26-12-11-21(27)24-22(26)28)6-5-16-7-9-19(10-8-16)25-31(4,29)30/h7-10,13-15,25H,5-6,11-12H2,1-4H3,(H,24,27,28). The summed E-state index contributed by atoms with van der Waals surface area (Å²) in [5.74, 6) is -0.248. The highest BCUT2D eigenvalue weighted by atomic mass is 32.2. The van der Waals surface area contributed by atoms with Crippen LogP contribution >= 0.6 is 0 Å². The van der Waals surface area contributed by atoms with Crippen LogP contribution in [0.25, 0.3) is 0 Å². The van der Waals surface area contributed by atoms with E-state index in [4.69, 9.17) is 0 Å². The Morgan fingerprint density at radius 3 is 2.23 bits per heavy atom. The third kappa shape index (κ3) is 6.30. The number of hydrogen-bond acceptors (Lipinski definition) is 4. The van der Waals surface area contributed by atoms with E-state index in [9.17, 15) is 18.0 Å². The third-order valence-electron chi connectivity index (χ3n) is 5.17. The van der Waals surface area contributed by atoms with Crippen LogP contribution in [0, 0.1) is 0 Å². The molecular formula is C23H29N3O4S. The summed E-state index contributed by atoms with van der Waals surface area (Å²) in [7, 11) is -3.30. The Hall–Kier alpha value is -2.87. The minimum absolute atomic E-state index is 0.0915. The number of aryl methyl sites for hydroxylation is 2. The fraction of sp³-hybridized carbons (Fsp3) is 0.391. The highest BCUT2D eigenvalue weighted by Crippen LogP contribution is 2.30. The summed E-state index contributed by atoms with van der Waals surface area (Å²) in [5.41, 5.74) is 4.55. The molecule has 3 rings (SSSR count). The lowest BCUT2D eigenvalue weighted by Gasteiger charge is -2.29. The molecule has 1 aliphatic heterocycles. The van der Waals surface area contributed by atoms with Crippen LogP contribution < -0.4 is 14.9 Å². The molecule has 0 aromatic heterocycles. The Morgan fingerprint density at radius 2 is 1.65 bits per heavy atom. The van der Waals surface area contributed by atoms with Gasteiger partial charge in [0.25, 0.3) is 0 Å². The molecule has 2 aromatic carbocycles. The van der Waals surface area contributed by atoms with Crippen LogP contribution in [0.15, 0.2) is 42.5 Å². The summed E-state index contributed by atoms with van der Waals surface area (Å²) >= 11 is 0. The average Bonchev–Trinajstić information content (AvgIpc) is 2.65. The normalized spacial score (nSPS) is 15.0. The lowest BCUT2D eigenvalue weighted by Crippen LogP contribution is -2.49. The second kappa shape index (κ2) is 8.70. The number of carbonyl (C=O) groups excluding carboxylic acids is 2. The van der Waals surface area contributed by atoms with E-state index in [2.05, 4.69) is 36.9 Å². The van der Waals surface area contributed by atoms with E-state index in [1.165, 1.54) is 0 Å². The minimum atomic E-state index is -3.30. The van der Waals surface area contributed by atoms with Gasteiger partial charge in [-0.2, -0.15) is 0 Å². The van der Waals surface area contributed by atoms with Gasteiger partial charge in [-0.25, -0.2) is 13.2 Å². The van der Waals surface area contributed by atoms with Crippen LogP contribution in [0.3, 0.4) is 0 Å². The third-order valence-corrected chi connectivity index (χ3v) is 5.78. The van der Waals surface area contributed by atoms with E-state index < -0.39 is 10.0 Å². The Bertz CT molecular complexity index is 1090. The molecule has 3 amide bonds. The van der Waals surface area contributed by atoms with Crippen LogP contribution in [0.1, 0.15) is 43.9 Å². The minimum Gasteiger partial charge on any atom is -0.294 e. The zero-order chi connectivity index (χ0) is 22.8. The predicted molar refractivity (Wildman–Crippen MR) is 123 cm³/mol. The Morgan fingerprint density at radius 1 is 1.00 bits per heavy atom. The van der Waals surface area contributed by atoms with Gasteiger partial charge in [-0.3, -0.25) is 19.7 Å². The molecule has 8 heteroatoms. The first-order valence-corrected chi connectivity index (χ1v) is 12.1. The number of anilines is 2. The summed E-state index contributed by atoms with van der Waals surface area (Å²) in [4.78, 5) is 25.5. The smallest absolute Gasteiger partial charge is 0.294 e. The van der Waals surface area contributed by atoms with E-state index in [1.807, 2.05) is 24.3 Å². The van der Waals surface area contributed by atoms with Crippen molar-refractivity contribution in [3.63, 3.8) is 0 Å². The van der Waals surface area contributed by atoms with Gasteiger partial charge in [-0.15, -0.1) is 0 Å². The van der Waals surface area contributed by atoms with E-state index in [1.54, 1.807) is 17.0 Å². The molecule has 166 valence electrons. The van der Waals surface area contributed by atoms with Gasteiger partial charge in [0.1, 0.15) is 0 Å². The van der Waals surface area contributed by atoms with E-state index in [0.29, 0.717) is 12.2 Å². The first-order valence-electron chi connectivity index (χ1n) is 10.2. The topological polar surface area (TPSA) is 95.6 Å². The molecule has 0 aliphatic carbocycles. The van der Waals surface area contributed by atoms with E-state index in [-0.39, 0.29) is 23.8 Å². The quantitative estimate of drug-likeness (QED) is 0.713. The number of nitrogens with zero attached hydrogens (tertiary/aromatic N) is 1. The lowest BCUT2D eigenvalue weighted by atomic mass is 9.85. The molecule has 0 spiro atoms. The molecule has 0 saturated carbocycles. The summed E-state index contributed by atoms with van der Waals surface area (Å²) in [6.45, 7) is 6.75. The number of benzene rings is 2. The Balaban J connectivity index is 1.80. The van der Waals surface area contributed by atoms with Crippen molar-refractivity contribution in [1.82, 2.24) is 5.32 Å². The second-order valence-electron chi connectivity index (χ2n) is 8.96. The molecular weight excluding hydrogens is 414 g/mol. The maximum absolute atomic E-state index is 12.3. The number of imide groups is 1. The maximum Gasteiger partial charge on any atom is 0.328 e. The van der Waals surface area contributed by atoms with E-state index >= 15 is 0 Å². The van der Waals surface area contributed by atoms with Crippen molar-refractivity contribution >= 4 is 33.3 Å². The van der Waals surface area contributed by atoms with Crippen LogP contribution in [-0.4, -0.2) is 33.2 Å². The largest absolute Gasteiger partial charge is 0.328 e. The van der Waals surface area contributed by atoms with Gasteiger partial charge in [-0.05, 0) is 59.2 Å². The fourth-order valence-corrected chi connectivity index (χ4v) is 4.02. The van der Waals surface area contributed by atoms with Crippen molar-refractivity contribution < 1.29 is 18.0 Å². The maximum atomic E-state index is 12.3. The Kier molecular flexibility index (Phi) is 6.40. The van der Waals surface area contributed by atoms with Gasteiger partial charge in [0, 0.05) is 24.3 Å². The van der Waals surface area contributed by atoms with Gasteiger partial charge < -0.3 is 0 Å². The first-order chi connectivity index (χ1) is 14.4. The number of amides is 3. The summed E-state index contributed by atoms with van der Waals surface area (Å²) in [6, 6.07) is 13.1. The molecule has 31 heavy (non-hydrogen) atoms. The van der Waals surface area contributed by atoms with Crippen LogP contribution in [0.4, 0.5) is 16.2 Å². The Labute approximate surface area is 183 Å². The van der Waals surface area contributed by atoms with Crippen molar-refractivity contribution in [2.75, 3.05) is 22.4 Å². The molecule has 0 radical (unpaired) electrons. The number of sulfonamides is 1. The number of carbonyl (C=O) groups is 2. The summed E-state index contributed by atoms with van der Waals surface area (Å²) < 4.78 is 25.2. The molecule has 7 nitrogen and oxygen atoms in total. The molecule has 0 atom stereocenters. The van der Waals surface area contributed by atoms with Crippen molar-refractivity contribution in [3.8, 4) is 0 Å². The number of nitrogens with one attached hydrogen (secondary N) is 2. The molecule has 2 N–H and O–H groups in total. The zero-order valence-corrected chi connectivity index (χ0v) is 19.2. The highest BCUT2D eigenvalue weighted by molar-refractivity contribution is 7.92. The van der Waals surface area contributed by atoms with Crippen LogP contribution in [-0.2, 0) is 33.1 Å². The molecule has 0 unspecified atom stereocenters. The first kappa shape index (κ1) is 22.8. The zero-order valence-electron chi connectivity index (χ0n) is 18.4. The van der Waals surface area contributed by atoms with E-state index in [0.717, 1.165) is 41.5 Å². The van der Waals surface area contributed by atoms with Crippen molar-refractivity contribution in [2.45, 2.75) is 45.4 Å². The second-order valence-corrected chi connectivity index (χ2v) is 10.7. The van der Waals surface area contributed by atoms with Crippen LogP contribution in [0.5, 0.6) is 0 Å². The molecule has 1 aliphatic rings. The van der Waals surface area contributed by atoms with Gasteiger partial charge in [0.15, 0.2) is 0 Å². The van der Waals surface area contributed by atoms with Gasteiger partial charge in [0.2, 0.25) is 15.9 Å². The number of urea groups is 1. The molecule has 1 saturated heterocycles. The van der Waals surface area contributed by atoms with Gasteiger partial charge >= 0.3 is 6.03 Å². The summed E-state index contributed by atoms with van der Waals surface area (Å²) in [6.07, 6.45) is 2.95. The molecule has 2 aromatic rings. The summed E-state index contributed by atoms with van der Waals surface area (Å²) in [5, 5.41) is 2.38. The average molecular weight is 444 g/mol. The van der Waals surface area contributed by atoms with Crippen LogP contribution in [0.2, 0.25) is 0 Å². The lowest BCUT2D eigenvalue weighted by molar-refractivity contribution is -0.120. The SMILES string of the molecule is CC(C)(C)c1cc(CCc2ccc(NS(C)(=O)=O)cc2)cc(N2CCC(=O)NC2=O)c1. The molecule has 0 bridgehead atoms. The van der Waals surface area contributed by atoms with Gasteiger partial charge in [-0.1, -0.05) is 39.0 Å². The number of hydrogen-bond donors (Lipinski definition) is 2. The monoisotopic (exact) mass is 443 g/mol. The molecule has 1 fully saturated rings. The highest BCUT2D eigenvalue weighted by Gasteiger charge is 2.26. The molecule has 1 heterocycles. The predicted octanol–water partition coefficient (Wildman–Crippen LogP) is 3.59. The fourth-order valence-electron chi connectivity index (χ4n) is 3.46. The van der Waals surface area contributed by atoms with Crippen molar-refractivity contribution in [1.29, 1.82) is 0 Å². The van der Waals surface area contributed by atoms with Crippen molar-refractivity contribution in [3.05, 3.63) is 59.2 Å².